The first-order valence-electron chi connectivity index (χ1n) is 10.9. The van der Waals surface area contributed by atoms with E-state index < -0.39 is 36.2 Å². The van der Waals surface area contributed by atoms with Gasteiger partial charge in [0.1, 0.15) is 0 Å². The highest BCUT2D eigenvalue weighted by atomic mass is 19.2. The van der Waals surface area contributed by atoms with Gasteiger partial charge in [-0.15, -0.1) is 0 Å². The molecule has 0 bridgehead atoms. The molecule has 2 aromatic rings. The molecule has 172 valence electrons. The first kappa shape index (κ1) is 21.4. The van der Waals surface area contributed by atoms with Crippen LogP contribution < -0.4 is 4.90 Å². The maximum Gasteiger partial charge on any atom is 0.411 e. The number of nitrogens with zero attached hydrogens (tertiary/aromatic N) is 2. The maximum absolute atomic E-state index is 13.8. The van der Waals surface area contributed by atoms with Gasteiger partial charge >= 0.3 is 12.1 Å². The van der Waals surface area contributed by atoms with Crippen LogP contribution in [-0.4, -0.2) is 46.7 Å². The number of hydrogen-bond acceptors (Lipinski definition) is 4. The standard InChI is InChI=1S/C24H22F2N2O5/c25-17-9-5-13(11-18(17)26)23(31)28-19-4-2-1-3-15(19)22(16-8-10-20(16)28)27(14-6-7-14)24(32)33-12-21(29)30/h1-5,9,11,14,16,20,22H,6-8,10,12H2,(H,29,30)/t16-,20+,22-/m0/s1. The van der Waals surface area contributed by atoms with Crippen LogP contribution in [0, 0.1) is 17.6 Å². The highest BCUT2D eigenvalue weighted by Crippen LogP contribution is 2.54. The molecule has 9 heteroatoms. The number of benzene rings is 2. The molecule has 3 aliphatic rings. The van der Waals surface area contributed by atoms with E-state index in [1.54, 1.807) is 21.9 Å². The summed E-state index contributed by atoms with van der Waals surface area (Å²) in [5, 5.41) is 8.92. The van der Waals surface area contributed by atoms with E-state index in [9.17, 15) is 23.2 Å². The van der Waals surface area contributed by atoms with Gasteiger partial charge in [-0.3, -0.25) is 9.69 Å². The summed E-state index contributed by atoms with van der Waals surface area (Å²) < 4.78 is 32.3. The average Bonchev–Trinajstić information content (AvgIpc) is 3.60. The molecule has 1 heterocycles. The third-order valence-corrected chi connectivity index (χ3v) is 6.70. The zero-order valence-electron chi connectivity index (χ0n) is 17.6. The summed E-state index contributed by atoms with van der Waals surface area (Å²) in [4.78, 5) is 40.5. The van der Waals surface area contributed by atoms with Crippen LogP contribution >= 0.6 is 0 Å². The highest BCUT2D eigenvalue weighted by molar-refractivity contribution is 6.07. The molecule has 1 aliphatic heterocycles. The van der Waals surface area contributed by atoms with Crippen molar-refractivity contribution in [3.05, 3.63) is 65.2 Å². The summed E-state index contributed by atoms with van der Waals surface area (Å²) in [6.45, 7) is -0.717. The number of carbonyl (C=O) groups is 3. The van der Waals surface area contributed by atoms with Crippen molar-refractivity contribution in [3.63, 3.8) is 0 Å². The van der Waals surface area contributed by atoms with E-state index in [2.05, 4.69) is 0 Å². The Kier molecular flexibility index (Phi) is 5.26. The molecule has 33 heavy (non-hydrogen) atoms. The van der Waals surface area contributed by atoms with Crippen LogP contribution in [0.2, 0.25) is 0 Å². The molecule has 3 atom stereocenters. The molecule has 2 aliphatic carbocycles. The number of para-hydroxylation sites is 1. The van der Waals surface area contributed by atoms with Gasteiger partial charge in [-0.05, 0) is 55.5 Å². The van der Waals surface area contributed by atoms with Crippen LogP contribution in [0.5, 0.6) is 0 Å². The van der Waals surface area contributed by atoms with Gasteiger partial charge in [-0.1, -0.05) is 18.2 Å². The number of ether oxygens (including phenoxy) is 1. The van der Waals surface area contributed by atoms with Crippen molar-refractivity contribution in [2.45, 2.75) is 43.8 Å². The number of carboxylic acid groups (broad SMARTS) is 1. The van der Waals surface area contributed by atoms with E-state index in [0.29, 0.717) is 12.1 Å². The first-order chi connectivity index (χ1) is 15.9. The van der Waals surface area contributed by atoms with Gasteiger partial charge in [0, 0.05) is 29.3 Å². The molecule has 0 saturated heterocycles. The minimum absolute atomic E-state index is 0.0425. The van der Waals surface area contributed by atoms with Crippen LogP contribution in [0.4, 0.5) is 19.3 Å². The lowest BCUT2D eigenvalue weighted by molar-refractivity contribution is -0.140. The average molecular weight is 456 g/mol. The summed E-state index contributed by atoms with van der Waals surface area (Å²) in [7, 11) is 0. The Bertz CT molecular complexity index is 1140. The van der Waals surface area contributed by atoms with Gasteiger partial charge in [0.25, 0.3) is 5.91 Å². The maximum atomic E-state index is 13.8. The molecule has 2 aromatic carbocycles. The number of halogens is 2. The fourth-order valence-electron chi connectivity index (χ4n) is 4.99. The molecule has 2 amide bonds. The van der Waals surface area contributed by atoms with Crippen molar-refractivity contribution >= 4 is 23.7 Å². The number of anilines is 1. The van der Waals surface area contributed by atoms with Crippen molar-refractivity contribution in [3.8, 4) is 0 Å². The second-order valence-corrected chi connectivity index (χ2v) is 8.70. The van der Waals surface area contributed by atoms with Gasteiger partial charge in [0.05, 0.1) is 6.04 Å². The summed E-state index contributed by atoms with van der Waals surface area (Å²) in [6, 6.07) is 9.71. The van der Waals surface area contributed by atoms with Gasteiger partial charge in [0.15, 0.2) is 18.2 Å². The lowest BCUT2D eigenvalue weighted by atomic mass is 9.68. The number of carboxylic acids is 1. The van der Waals surface area contributed by atoms with Gasteiger partial charge < -0.3 is 14.7 Å². The van der Waals surface area contributed by atoms with E-state index in [4.69, 9.17) is 9.84 Å². The third kappa shape index (κ3) is 3.71. The highest BCUT2D eigenvalue weighted by Gasteiger charge is 2.54. The van der Waals surface area contributed by atoms with Crippen molar-refractivity contribution in [1.82, 2.24) is 4.90 Å². The predicted molar refractivity (Wildman–Crippen MR) is 113 cm³/mol. The van der Waals surface area contributed by atoms with Crippen LogP contribution in [-0.2, 0) is 9.53 Å². The minimum Gasteiger partial charge on any atom is -0.479 e. The van der Waals surface area contributed by atoms with E-state index >= 15 is 0 Å². The lowest BCUT2D eigenvalue weighted by Crippen LogP contribution is -2.59. The Hall–Kier alpha value is -3.49. The molecule has 2 saturated carbocycles. The smallest absolute Gasteiger partial charge is 0.411 e. The Morgan fingerprint density at radius 3 is 2.42 bits per heavy atom. The molecule has 0 radical (unpaired) electrons. The van der Waals surface area contributed by atoms with Crippen LogP contribution in [0.1, 0.15) is 47.6 Å². The van der Waals surface area contributed by atoms with Gasteiger partial charge in [-0.25, -0.2) is 18.4 Å². The normalized spacial score (nSPS) is 23.1. The topological polar surface area (TPSA) is 87.2 Å². The first-order valence-corrected chi connectivity index (χ1v) is 10.9. The molecule has 7 nitrogen and oxygen atoms in total. The Labute approximate surface area is 188 Å². The molecule has 2 fully saturated rings. The summed E-state index contributed by atoms with van der Waals surface area (Å²) >= 11 is 0. The SMILES string of the molecule is O=C(O)COC(=O)N(C1CC1)[C@H]1c2ccccc2N(C(=O)c2ccc(F)c(F)c2)[C@@H]2CC[C@@H]21. The number of aliphatic carboxylic acids is 1. The van der Waals surface area contributed by atoms with E-state index in [-0.39, 0.29) is 29.6 Å². The van der Waals surface area contributed by atoms with Crippen molar-refractivity contribution < 1.29 is 33.0 Å². The Balaban J connectivity index is 1.53. The van der Waals surface area contributed by atoms with E-state index in [1.165, 1.54) is 6.07 Å². The fraction of sp³-hybridized carbons (Fsp3) is 0.375. The molecular weight excluding hydrogens is 434 g/mol. The number of carbonyl (C=O) groups excluding carboxylic acids is 2. The summed E-state index contributed by atoms with van der Waals surface area (Å²) in [5.41, 5.74) is 1.41. The Morgan fingerprint density at radius 1 is 1.03 bits per heavy atom. The predicted octanol–water partition coefficient (Wildman–Crippen LogP) is 4.13. The fourth-order valence-corrected chi connectivity index (χ4v) is 4.99. The third-order valence-electron chi connectivity index (χ3n) is 6.70. The number of amides is 2. The number of fused-ring (bicyclic) bond motifs is 2. The molecule has 0 aromatic heterocycles. The van der Waals surface area contributed by atoms with E-state index in [0.717, 1.165) is 37.0 Å². The van der Waals surface area contributed by atoms with Crippen molar-refractivity contribution in [2.24, 2.45) is 5.92 Å². The lowest BCUT2D eigenvalue weighted by Gasteiger charge is -2.55. The Morgan fingerprint density at radius 2 is 1.79 bits per heavy atom. The molecule has 1 N–H and O–H groups in total. The summed E-state index contributed by atoms with van der Waals surface area (Å²) in [5.74, 6) is -3.84. The largest absolute Gasteiger partial charge is 0.479 e. The van der Waals surface area contributed by atoms with Crippen molar-refractivity contribution in [2.75, 3.05) is 11.5 Å². The molecule has 0 spiro atoms. The monoisotopic (exact) mass is 456 g/mol. The quantitative estimate of drug-likeness (QED) is 0.731. The second kappa shape index (κ2) is 8.13. The second-order valence-electron chi connectivity index (χ2n) is 8.70. The van der Waals surface area contributed by atoms with Crippen LogP contribution in [0.15, 0.2) is 42.5 Å². The number of hydrogen-bond donors (Lipinski definition) is 1. The number of rotatable bonds is 5. The van der Waals surface area contributed by atoms with E-state index in [1.807, 2.05) is 12.1 Å². The zero-order chi connectivity index (χ0) is 23.3. The van der Waals surface area contributed by atoms with Gasteiger partial charge in [0.2, 0.25) is 0 Å². The summed E-state index contributed by atoms with van der Waals surface area (Å²) in [6.07, 6.45) is 2.39. The zero-order valence-corrected chi connectivity index (χ0v) is 17.6. The van der Waals surface area contributed by atoms with Crippen molar-refractivity contribution in [1.29, 1.82) is 0 Å². The molecule has 5 rings (SSSR count). The molecule has 0 unspecified atom stereocenters. The van der Waals surface area contributed by atoms with Crippen LogP contribution in [0.25, 0.3) is 0 Å². The van der Waals surface area contributed by atoms with Crippen LogP contribution in [0.3, 0.4) is 0 Å². The minimum atomic E-state index is -1.23. The van der Waals surface area contributed by atoms with Gasteiger partial charge in [-0.2, -0.15) is 0 Å². The molecular formula is C24H22F2N2O5.